The lowest BCUT2D eigenvalue weighted by Gasteiger charge is -2.46. The number of anilines is 1. The molecular formula is C21H18N6O4. The van der Waals surface area contributed by atoms with Gasteiger partial charge >= 0.3 is 5.97 Å². The summed E-state index contributed by atoms with van der Waals surface area (Å²) < 4.78 is 7.05. The van der Waals surface area contributed by atoms with Crippen LogP contribution in [0.4, 0.5) is 5.69 Å². The van der Waals surface area contributed by atoms with Gasteiger partial charge in [0.2, 0.25) is 11.6 Å². The van der Waals surface area contributed by atoms with Crippen LogP contribution >= 0.6 is 0 Å². The Kier molecular flexibility index (Phi) is 4.28. The molecule has 0 N–H and O–H groups in total. The molecule has 0 radical (unpaired) electrons. The minimum atomic E-state index is -1.53. The van der Waals surface area contributed by atoms with Crippen molar-refractivity contribution < 1.29 is 19.1 Å². The largest absolute Gasteiger partial charge is 0.454 e. The van der Waals surface area contributed by atoms with Gasteiger partial charge in [-0.2, -0.15) is 4.68 Å². The minimum absolute atomic E-state index is 0.128. The lowest BCUT2D eigenvalue weighted by atomic mass is 9.97. The maximum absolute atomic E-state index is 13.4. The summed E-state index contributed by atoms with van der Waals surface area (Å²) in [6, 6.07) is 16.0. The fraction of sp³-hybridized carbons (Fsp3) is 0.238. The SMILES string of the molecule is CN1C(=O)c2ccccc2N2C(=O)CCC12C(=O)OCc1nnnn1-c1ccccc1. The van der Waals surface area contributed by atoms with Crippen molar-refractivity contribution in [2.24, 2.45) is 0 Å². The van der Waals surface area contributed by atoms with E-state index in [1.807, 2.05) is 30.3 Å². The second-order valence-corrected chi connectivity index (χ2v) is 7.35. The maximum atomic E-state index is 13.4. The Hall–Kier alpha value is -4.08. The number of para-hydroxylation sites is 2. The summed E-state index contributed by atoms with van der Waals surface area (Å²) in [7, 11) is 1.51. The molecule has 156 valence electrons. The number of carbonyl (C=O) groups is 3. The number of amides is 2. The van der Waals surface area contributed by atoms with Crippen LogP contribution in [0.1, 0.15) is 29.0 Å². The Balaban J connectivity index is 1.46. The third-order valence-electron chi connectivity index (χ3n) is 5.74. The highest BCUT2D eigenvalue weighted by molar-refractivity contribution is 6.15. The van der Waals surface area contributed by atoms with E-state index in [2.05, 4.69) is 15.5 Å². The van der Waals surface area contributed by atoms with E-state index in [0.717, 1.165) is 0 Å². The lowest BCUT2D eigenvalue weighted by Crippen LogP contribution is -2.67. The summed E-state index contributed by atoms with van der Waals surface area (Å²) in [4.78, 5) is 41.8. The first-order valence-corrected chi connectivity index (χ1v) is 9.74. The van der Waals surface area contributed by atoms with Gasteiger partial charge in [-0.15, -0.1) is 5.10 Å². The van der Waals surface area contributed by atoms with Crippen LogP contribution in [0.25, 0.3) is 5.69 Å². The Labute approximate surface area is 177 Å². The molecule has 1 unspecified atom stereocenters. The van der Waals surface area contributed by atoms with Gasteiger partial charge in [-0.25, -0.2) is 4.79 Å². The number of hydrogen-bond donors (Lipinski definition) is 0. The monoisotopic (exact) mass is 418 g/mol. The van der Waals surface area contributed by atoms with Gasteiger partial charge in [0.15, 0.2) is 12.4 Å². The zero-order chi connectivity index (χ0) is 21.6. The van der Waals surface area contributed by atoms with Gasteiger partial charge in [0.1, 0.15) is 0 Å². The van der Waals surface area contributed by atoms with Gasteiger partial charge < -0.3 is 9.64 Å². The predicted octanol–water partition coefficient (Wildman–Crippen LogP) is 1.31. The summed E-state index contributed by atoms with van der Waals surface area (Å²) in [5.41, 5.74) is -0.0303. The van der Waals surface area contributed by atoms with Crippen LogP contribution in [0.15, 0.2) is 54.6 Å². The molecule has 3 aromatic rings. The molecule has 3 heterocycles. The molecule has 10 nitrogen and oxygen atoms in total. The fourth-order valence-corrected chi connectivity index (χ4v) is 4.20. The van der Waals surface area contributed by atoms with Crippen molar-refractivity contribution >= 4 is 23.5 Å². The summed E-state index contributed by atoms with van der Waals surface area (Å²) in [5.74, 6) is -0.964. The number of carbonyl (C=O) groups excluding carboxylic acids is 3. The van der Waals surface area contributed by atoms with Gasteiger partial charge in [-0.1, -0.05) is 30.3 Å². The van der Waals surface area contributed by atoms with Gasteiger partial charge in [0, 0.05) is 19.9 Å². The number of fused-ring (bicyclic) bond motifs is 3. The molecule has 31 heavy (non-hydrogen) atoms. The molecule has 1 fully saturated rings. The van der Waals surface area contributed by atoms with E-state index >= 15 is 0 Å². The number of hydrogen-bond acceptors (Lipinski definition) is 7. The number of benzene rings is 2. The topological polar surface area (TPSA) is 111 Å². The highest BCUT2D eigenvalue weighted by Crippen LogP contribution is 2.44. The number of esters is 1. The van der Waals surface area contributed by atoms with E-state index in [9.17, 15) is 14.4 Å². The summed E-state index contributed by atoms with van der Waals surface area (Å²) in [6.45, 7) is -0.214. The molecule has 2 aliphatic rings. The normalized spacial score (nSPS) is 19.9. The van der Waals surface area contributed by atoms with Crippen LogP contribution in [0.5, 0.6) is 0 Å². The molecule has 10 heteroatoms. The predicted molar refractivity (Wildman–Crippen MR) is 107 cm³/mol. The van der Waals surface area contributed by atoms with Crippen LogP contribution in [0.3, 0.4) is 0 Å². The highest BCUT2D eigenvalue weighted by Gasteiger charge is 2.60. The van der Waals surface area contributed by atoms with E-state index in [1.54, 1.807) is 24.3 Å². The van der Waals surface area contributed by atoms with Crippen molar-refractivity contribution in [1.82, 2.24) is 25.1 Å². The van der Waals surface area contributed by atoms with Crippen molar-refractivity contribution in [3.8, 4) is 5.69 Å². The Morgan fingerprint density at radius 2 is 1.84 bits per heavy atom. The smallest absolute Gasteiger partial charge is 0.354 e. The molecule has 0 bridgehead atoms. The molecular weight excluding hydrogens is 400 g/mol. The first kappa shape index (κ1) is 18.9. The Morgan fingerprint density at radius 1 is 1.10 bits per heavy atom. The zero-order valence-corrected chi connectivity index (χ0v) is 16.6. The van der Waals surface area contributed by atoms with Crippen LogP contribution < -0.4 is 4.90 Å². The summed E-state index contributed by atoms with van der Waals surface area (Å²) in [6.07, 6.45) is 0.272. The standard InChI is InChI=1S/C21H18N6O4/c1-25-19(29)15-9-5-6-10-16(15)26-18(28)11-12-21(25,26)20(30)31-13-17-22-23-24-27(17)14-7-3-2-4-8-14/h2-10H,11-13H2,1H3. The van der Waals surface area contributed by atoms with Gasteiger partial charge in [0.25, 0.3) is 5.91 Å². The number of nitrogens with zero attached hydrogens (tertiary/aromatic N) is 6. The zero-order valence-electron chi connectivity index (χ0n) is 16.6. The van der Waals surface area contributed by atoms with Gasteiger partial charge in [-0.05, 0) is 34.7 Å². The van der Waals surface area contributed by atoms with Crippen molar-refractivity contribution in [1.29, 1.82) is 0 Å². The van der Waals surface area contributed by atoms with Gasteiger partial charge in [0.05, 0.1) is 16.9 Å². The molecule has 5 rings (SSSR count). The van der Waals surface area contributed by atoms with Crippen LogP contribution in [-0.4, -0.2) is 55.6 Å². The van der Waals surface area contributed by atoms with Crippen LogP contribution in [0.2, 0.25) is 0 Å². The molecule has 2 aliphatic heterocycles. The number of tetrazole rings is 1. The Morgan fingerprint density at radius 3 is 2.65 bits per heavy atom. The number of rotatable bonds is 4. The van der Waals surface area contributed by atoms with Crippen molar-refractivity contribution in [3.05, 3.63) is 66.0 Å². The average molecular weight is 418 g/mol. The van der Waals surface area contributed by atoms with Crippen molar-refractivity contribution in [3.63, 3.8) is 0 Å². The van der Waals surface area contributed by atoms with E-state index in [-0.39, 0.29) is 31.3 Å². The van der Waals surface area contributed by atoms with Gasteiger partial charge in [-0.3, -0.25) is 14.5 Å². The molecule has 2 amide bonds. The average Bonchev–Trinajstić information content (AvgIpc) is 3.42. The minimum Gasteiger partial charge on any atom is -0.454 e. The number of likely N-dealkylation sites (N-methyl/N-ethyl adjacent to an activating group) is 1. The molecule has 1 aromatic heterocycles. The first-order chi connectivity index (χ1) is 15.0. The van der Waals surface area contributed by atoms with E-state index < -0.39 is 11.6 Å². The molecule has 1 atom stereocenters. The molecule has 1 saturated heterocycles. The van der Waals surface area contributed by atoms with Crippen LogP contribution in [0, 0.1) is 0 Å². The highest BCUT2D eigenvalue weighted by atomic mass is 16.5. The fourth-order valence-electron chi connectivity index (χ4n) is 4.20. The molecule has 0 spiro atoms. The summed E-state index contributed by atoms with van der Waals surface area (Å²) in [5, 5.41) is 11.6. The van der Waals surface area contributed by atoms with Crippen molar-refractivity contribution in [2.75, 3.05) is 11.9 Å². The lowest BCUT2D eigenvalue weighted by molar-refractivity contribution is -0.158. The first-order valence-electron chi connectivity index (χ1n) is 9.74. The number of aromatic nitrogens is 4. The molecule has 0 aliphatic carbocycles. The third kappa shape index (κ3) is 2.71. The summed E-state index contributed by atoms with van der Waals surface area (Å²) >= 11 is 0. The van der Waals surface area contributed by atoms with Crippen molar-refractivity contribution in [2.45, 2.75) is 25.1 Å². The quantitative estimate of drug-likeness (QED) is 0.588. The second kappa shape index (κ2) is 7.01. The number of ether oxygens (including phenoxy) is 1. The van der Waals surface area contributed by atoms with Crippen LogP contribution in [-0.2, 0) is 20.9 Å². The van der Waals surface area contributed by atoms with E-state index in [4.69, 9.17) is 4.74 Å². The van der Waals surface area contributed by atoms with E-state index in [1.165, 1.54) is 21.5 Å². The van der Waals surface area contributed by atoms with E-state index in [0.29, 0.717) is 22.8 Å². The second-order valence-electron chi connectivity index (χ2n) is 7.35. The molecule has 0 saturated carbocycles. The Bertz CT molecular complexity index is 1190. The molecule has 2 aromatic carbocycles. The maximum Gasteiger partial charge on any atom is 0.354 e. The third-order valence-corrected chi connectivity index (χ3v) is 5.74.